The van der Waals surface area contributed by atoms with E-state index in [2.05, 4.69) is 10.3 Å². The standard InChI is InChI=1S/C18H15N3O4/c22-15-4-1-9-21(15)13-7-5-12(6-8-13)20-18(23)16-17(25-11-19-16)14-3-2-10-24-14/h2-3,5-8,10-11H,1,4,9H2,(H,20,23). The summed E-state index contributed by atoms with van der Waals surface area (Å²) < 4.78 is 10.5. The van der Waals surface area contributed by atoms with Crippen LogP contribution in [0.3, 0.4) is 0 Å². The van der Waals surface area contributed by atoms with E-state index in [0.717, 1.165) is 18.7 Å². The van der Waals surface area contributed by atoms with Gasteiger partial charge in [-0.25, -0.2) is 4.98 Å². The first-order valence-electron chi connectivity index (χ1n) is 7.91. The second-order valence-electron chi connectivity index (χ2n) is 5.66. The smallest absolute Gasteiger partial charge is 0.278 e. The third-order valence-electron chi connectivity index (χ3n) is 4.04. The van der Waals surface area contributed by atoms with Crippen LogP contribution < -0.4 is 10.2 Å². The van der Waals surface area contributed by atoms with Gasteiger partial charge in [0.25, 0.3) is 5.91 Å². The van der Waals surface area contributed by atoms with Crippen molar-refractivity contribution in [2.75, 3.05) is 16.8 Å². The largest absolute Gasteiger partial charge is 0.461 e. The average molecular weight is 337 g/mol. The second kappa shape index (κ2) is 6.27. The van der Waals surface area contributed by atoms with Crippen molar-refractivity contribution in [1.29, 1.82) is 0 Å². The number of aromatic nitrogens is 1. The molecule has 2 aromatic heterocycles. The molecule has 4 rings (SSSR count). The molecule has 7 heteroatoms. The fraction of sp³-hybridized carbons (Fsp3) is 0.167. The van der Waals surface area contributed by atoms with Gasteiger partial charge in [-0.1, -0.05) is 0 Å². The van der Waals surface area contributed by atoms with E-state index in [9.17, 15) is 9.59 Å². The highest BCUT2D eigenvalue weighted by atomic mass is 16.4. The van der Waals surface area contributed by atoms with E-state index >= 15 is 0 Å². The number of carbonyl (C=O) groups is 2. The van der Waals surface area contributed by atoms with Crippen molar-refractivity contribution >= 4 is 23.2 Å². The average Bonchev–Trinajstić information content (AvgIpc) is 3.36. The van der Waals surface area contributed by atoms with Gasteiger partial charge < -0.3 is 19.1 Å². The molecule has 126 valence electrons. The zero-order chi connectivity index (χ0) is 17.2. The lowest BCUT2D eigenvalue weighted by molar-refractivity contribution is -0.117. The van der Waals surface area contributed by atoms with Crippen LogP contribution in [0.1, 0.15) is 23.3 Å². The van der Waals surface area contributed by atoms with Gasteiger partial charge in [-0.15, -0.1) is 0 Å². The highest BCUT2D eigenvalue weighted by Crippen LogP contribution is 2.26. The summed E-state index contributed by atoms with van der Waals surface area (Å²) in [6, 6.07) is 10.5. The number of carbonyl (C=O) groups excluding carboxylic acids is 2. The van der Waals surface area contributed by atoms with E-state index in [0.29, 0.717) is 17.9 Å². The van der Waals surface area contributed by atoms with Crippen molar-refractivity contribution < 1.29 is 18.4 Å². The van der Waals surface area contributed by atoms with Crippen LogP contribution in [0.2, 0.25) is 0 Å². The normalized spacial score (nSPS) is 14.1. The number of oxazole rings is 1. The van der Waals surface area contributed by atoms with E-state index in [1.54, 1.807) is 29.2 Å². The highest BCUT2D eigenvalue weighted by Gasteiger charge is 2.22. The lowest BCUT2D eigenvalue weighted by Crippen LogP contribution is -2.23. The van der Waals surface area contributed by atoms with Crippen LogP contribution in [-0.2, 0) is 4.79 Å². The molecule has 1 saturated heterocycles. The number of nitrogens with zero attached hydrogens (tertiary/aromatic N) is 2. The van der Waals surface area contributed by atoms with Crippen molar-refractivity contribution in [3.8, 4) is 11.5 Å². The molecule has 0 bridgehead atoms. The van der Waals surface area contributed by atoms with Crippen molar-refractivity contribution in [2.24, 2.45) is 0 Å². The Bertz CT molecular complexity index is 897. The number of amides is 2. The maximum atomic E-state index is 12.4. The summed E-state index contributed by atoms with van der Waals surface area (Å²) in [5.74, 6) is 0.444. The Labute approximate surface area is 143 Å². The molecule has 0 spiro atoms. The summed E-state index contributed by atoms with van der Waals surface area (Å²) in [7, 11) is 0. The van der Waals surface area contributed by atoms with Gasteiger partial charge in [0.2, 0.25) is 11.7 Å². The Hall–Kier alpha value is -3.35. The zero-order valence-corrected chi connectivity index (χ0v) is 13.3. The van der Waals surface area contributed by atoms with Gasteiger partial charge >= 0.3 is 0 Å². The van der Waals surface area contributed by atoms with Crippen molar-refractivity contribution in [3.63, 3.8) is 0 Å². The molecule has 1 aliphatic rings. The van der Waals surface area contributed by atoms with Crippen molar-refractivity contribution in [3.05, 3.63) is 54.7 Å². The molecular formula is C18H15N3O4. The van der Waals surface area contributed by atoms with E-state index in [4.69, 9.17) is 8.83 Å². The number of nitrogens with one attached hydrogen (secondary N) is 1. The predicted octanol–water partition coefficient (Wildman–Crippen LogP) is 3.31. The van der Waals surface area contributed by atoms with Crippen LogP contribution in [0.15, 0.2) is 57.9 Å². The molecule has 1 N–H and O–H groups in total. The van der Waals surface area contributed by atoms with Gasteiger partial charge in [0, 0.05) is 24.3 Å². The topological polar surface area (TPSA) is 88.6 Å². The van der Waals surface area contributed by atoms with Gasteiger partial charge in [-0.3, -0.25) is 9.59 Å². The maximum Gasteiger partial charge on any atom is 0.278 e. The summed E-state index contributed by atoms with van der Waals surface area (Å²) in [5.41, 5.74) is 1.58. The van der Waals surface area contributed by atoms with E-state index < -0.39 is 5.91 Å². The van der Waals surface area contributed by atoms with E-state index in [1.165, 1.54) is 12.7 Å². The quantitative estimate of drug-likeness (QED) is 0.789. The molecule has 7 nitrogen and oxygen atoms in total. The highest BCUT2D eigenvalue weighted by molar-refractivity contribution is 6.06. The molecule has 3 aromatic rings. The molecule has 0 saturated carbocycles. The number of benzene rings is 1. The summed E-state index contributed by atoms with van der Waals surface area (Å²) >= 11 is 0. The first-order valence-corrected chi connectivity index (χ1v) is 7.91. The Balaban J connectivity index is 1.50. The lowest BCUT2D eigenvalue weighted by atomic mass is 10.2. The Morgan fingerprint density at radius 2 is 2.00 bits per heavy atom. The second-order valence-corrected chi connectivity index (χ2v) is 5.66. The molecule has 1 aliphatic heterocycles. The summed E-state index contributed by atoms with van der Waals surface area (Å²) in [5, 5.41) is 2.77. The van der Waals surface area contributed by atoms with E-state index in [1.807, 2.05) is 12.1 Å². The van der Waals surface area contributed by atoms with Crippen LogP contribution in [0.4, 0.5) is 11.4 Å². The van der Waals surface area contributed by atoms with Crippen molar-refractivity contribution in [1.82, 2.24) is 4.98 Å². The molecule has 0 atom stereocenters. The van der Waals surface area contributed by atoms with Gasteiger partial charge in [0.05, 0.1) is 6.26 Å². The summed E-state index contributed by atoms with van der Waals surface area (Å²) in [6.45, 7) is 0.732. The molecular weight excluding hydrogens is 322 g/mol. The summed E-state index contributed by atoms with van der Waals surface area (Å²) in [4.78, 5) is 29.9. The van der Waals surface area contributed by atoms with E-state index in [-0.39, 0.29) is 17.4 Å². The van der Waals surface area contributed by atoms with Gasteiger partial charge in [0.15, 0.2) is 17.8 Å². The number of rotatable bonds is 4. The Kier molecular flexibility index (Phi) is 3.81. The third kappa shape index (κ3) is 2.91. The maximum absolute atomic E-state index is 12.4. The fourth-order valence-electron chi connectivity index (χ4n) is 2.83. The molecule has 1 aromatic carbocycles. The minimum atomic E-state index is -0.398. The third-order valence-corrected chi connectivity index (χ3v) is 4.04. The van der Waals surface area contributed by atoms with Crippen LogP contribution in [0.25, 0.3) is 11.5 Å². The molecule has 3 heterocycles. The van der Waals surface area contributed by atoms with Crippen LogP contribution in [0, 0.1) is 0 Å². The zero-order valence-electron chi connectivity index (χ0n) is 13.3. The summed E-state index contributed by atoms with van der Waals surface area (Å²) in [6.07, 6.45) is 4.16. The van der Waals surface area contributed by atoms with Gasteiger partial charge in [-0.05, 0) is 42.8 Å². The van der Waals surface area contributed by atoms with Crippen LogP contribution >= 0.6 is 0 Å². The number of anilines is 2. The molecule has 0 aliphatic carbocycles. The molecule has 0 radical (unpaired) electrons. The minimum absolute atomic E-state index is 0.127. The first-order chi connectivity index (χ1) is 12.2. The Morgan fingerprint density at radius 3 is 2.68 bits per heavy atom. The van der Waals surface area contributed by atoms with Crippen molar-refractivity contribution in [2.45, 2.75) is 12.8 Å². The lowest BCUT2D eigenvalue weighted by Gasteiger charge is -2.16. The molecule has 2 amide bonds. The minimum Gasteiger partial charge on any atom is -0.461 e. The SMILES string of the molecule is O=C(Nc1ccc(N2CCCC2=O)cc1)c1ncoc1-c1ccco1. The van der Waals surface area contributed by atoms with Gasteiger partial charge in [0.1, 0.15) is 0 Å². The van der Waals surface area contributed by atoms with Crippen LogP contribution in [-0.4, -0.2) is 23.3 Å². The monoisotopic (exact) mass is 337 g/mol. The first kappa shape index (κ1) is 15.2. The van der Waals surface area contributed by atoms with Crippen LogP contribution in [0.5, 0.6) is 0 Å². The molecule has 0 unspecified atom stereocenters. The Morgan fingerprint density at radius 1 is 1.16 bits per heavy atom. The number of hydrogen-bond donors (Lipinski definition) is 1. The molecule has 25 heavy (non-hydrogen) atoms. The fourth-order valence-corrected chi connectivity index (χ4v) is 2.83. The number of furan rings is 1. The molecule has 1 fully saturated rings. The number of hydrogen-bond acceptors (Lipinski definition) is 5. The predicted molar refractivity (Wildman–Crippen MR) is 90.2 cm³/mol. The van der Waals surface area contributed by atoms with Gasteiger partial charge in [-0.2, -0.15) is 0 Å².